The molecular formula is C59H37N3O. The first-order chi connectivity index (χ1) is 31.2. The fourth-order valence-corrected chi connectivity index (χ4v) is 10.3. The van der Waals surface area contributed by atoms with Gasteiger partial charge in [-0.3, -0.25) is 0 Å². The summed E-state index contributed by atoms with van der Waals surface area (Å²) in [6.07, 6.45) is 0. The van der Waals surface area contributed by atoms with Crippen molar-refractivity contribution in [3.63, 3.8) is 0 Å². The van der Waals surface area contributed by atoms with Crippen LogP contribution in [-0.4, -0.2) is 14.5 Å². The summed E-state index contributed by atoms with van der Waals surface area (Å²) in [7, 11) is 0. The summed E-state index contributed by atoms with van der Waals surface area (Å²) in [5.74, 6) is 2.40. The summed E-state index contributed by atoms with van der Waals surface area (Å²) in [4.78, 5) is 10.5. The molecule has 0 N–H and O–H groups in total. The number of ether oxygens (including phenoxy) is 1. The Morgan fingerprint density at radius 2 is 0.841 bits per heavy atom. The van der Waals surface area contributed by atoms with Crippen molar-refractivity contribution >= 4 is 21.8 Å². The minimum Gasteiger partial charge on any atom is -0.457 e. The van der Waals surface area contributed by atoms with Crippen LogP contribution in [0.5, 0.6) is 11.5 Å². The van der Waals surface area contributed by atoms with Crippen molar-refractivity contribution in [2.75, 3.05) is 0 Å². The molecule has 4 nitrogen and oxygen atoms in total. The van der Waals surface area contributed by atoms with Crippen LogP contribution in [0.2, 0.25) is 0 Å². The minimum absolute atomic E-state index is 0.566. The van der Waals surface area contributed by atoms with Crippen LogP contribution in [0.15, 0.2) is 224 Å². The average Bonchev–Trinajstić information content (AvgIpc) is 3.85. The van der Waals surface area contributed by atoms with Crippen molar-refractivity contribution in [3.05, 3.63) is 247 Å². The van der Waals surface area contributed by atoms with E-state index >= 15 is 0 Å². The molecule has 0 unspecified atom stereocenters. The van der Waals surface area contributed by atoms with E-state index in [1.54, 1.807) is 0 Å². The number of rotatable bonds is 5. The van der Waals surface area contributed by atoms with E-state index in [1.807, 2.05) is 18.2 Å². The molecule has 0 saturated heterocycles. The standard InChI is InChI=1S/C59H37N3O/c1-2-14-41(15-3-1)58-60-52(40-28-26-38(27-29-40)39-30-33-43(34-31-39)62-54-23-11-6-18-46(54)47-19-7-12-24-55(47)62)37-53(61-58)42-32-35-57-51(36-42)59(50-22-10-13-25-56(50)63-57)48-20-8-4-16-44(48)45-17-5-9-21-49(45)59/h1-37H. The van der Waals surface area contributed by atoms with E-state index < -0.39 is 5.41 Å². The molecule has 0 bridgehead atoms. The average molecular weight is 804 g/mol. The second-order valence-corrected chi connectivity index (χ2v) is 16.5. The highest BCUT2D eigenvalue weighted by molar-refractivity contribution is 6.09. The summed E-state index contributed by atoms with van der Waals surface area (Å²) >= 11 is 0. The third-order valence-electron chi connectivity index (χ3n) is 13.1. The van der Waals surface area contributed by atoms with Gasteiger partial charge in [0.15, 0.2) is 5.82 Å². The van der Waals surface area contributed by atoms with Gasteiger partial charge in [0.2, 0.25) is 0 Å². The summed E-state index contributed by atoms with van der Waals surface area (Å²) in [5, 5.41) is 2.52. The molecular weight excluding hydrogens is 767 g/mol. The molecule has 4 heteroatoms. The Balaban J connectivity index is 0.913. The van der Waals surface area contributed by atoms with Crippen molar-refractivity contribution < 1.29 is 4.74 Å². The van der Waals surface area contributed by atoms with E-state index in [1.165, 1.54) is 44.1 Å². The van der Waals surface area contributed by atoms with E-state index in [4.69, 9.17) is 14.7 Å². The lowest BCUT2D eigenvalue weighted by atomic mass is 9.66. The fraction of sp³-hybridized carbons (Fsp3) is 0.0169. The third-order valence-corrected chi connectivity index (χ3v) is 13.1. The smallest absolute Gasteiger partial charge is 0.160 e. The topological polar surface area (TPSA) is 39.9 Å². The van der Waals surface area contributed by atoms with Gasteiger partial charge in [-0.05, 0) is 88.0 Å². The Morgan fingerprint density at radius 1 is 0.349 bits per heavy atom. The molecule has 13 rings (SSSR count). The van der Waals surface area contributed by atoms with Gasteiger partial charge in [0.1, 0.15) is 11.5 Å². The zero-order valence-electron chi connectivity index (χ0n) is 34.1. The Bertz CT molecular complexity index is 3490. The molecule has 0 atom stereocenters. The first-order valence-corrected chi connectivity index (χ1v) is 21.5. The Hall–Kier alpha value is -8.34. The number of hydrogen-bond donors (Lipinski definition) is 0. The molecule has 3 heterocycles. The van der Waals surface area contributed by atoms with E-state index in [-0.39, 0.29) is 0 Å². The zero-order chi connectivity index (χ0) is 41.5. The first kappa shape index (κ1) is 35.4. The van der Waals surface area contributed by atoms with Crippen LogP contribution in [-0.2, 0) is 5.41 Å². The quantitative estimate of drug-likeness (QED) is 0.174. The number of benzene rings is 9. The number of para-hydroxylation sites is 3. The second kappa shape index (κ2) is 13.8. The van der Waals surface area contributed by atoms with E-state index in [2.05, 4.69) is 211 Å². The van der Waals surface area contributed by atoms with E-state index in [0.717, 1.165) is 67.5 Å². The van der Waals surface area contributed by atoms with Crippen LogP contribution >= 0.6 is 0 Å². The lowest BCUT2D eigenvalue weighted by molar-refractivity contribution is 0.436. The van der Waals surface area contributed by atoms with Crippen molar-refractivity contribution in [1.82, 2.24) is 14.5 Å². The van der Waals surface area contributed by atoms with Gasteiger partial charge in [-0.2, -0.15) is 0 Å². The molecule has 1 spiro atoms. The molecule has 2 aromatic heterocycles. The predicted octanol–water partition coefficient (Wildman–Crippen LogP) is 14.7. The number of fused-ring (bicyclic) bond motifs is 12. The maximum absolute atomic E-state index is 6.74. The molecule has 0 amide bonds. The van der Waals surface area contributed by atoms with Gasteiger partial charge in [-0.1, -0.05) is 170 Å². The lowest BCUT2D eigenvalue weighted by Crippen LogP contribution is -2.32. The van der Waals surface area contributed by atoms with Gasteiger partial charge in [0, 0.05) is 44.3 Å². The number of aromatic nitrogens is 3. The van der Waals surface area contributed by atoms with Gasteiger partial charge in [-0.15, -0.1) is 0 Å². The van der Waals surface area contributed by atoms with Crippen LogP contribution in [0, 0.1) is 0 Å². The third kappa shape index (κ3) is 5.35. The number of hydrogen-bond acceptors (Lipinski definition) is 3. The van der Waals surface area contributed by atoms with Gasteiger partial charge < -0.3 is 9.30 Å². The lowest BCUT2D eigenvalue weighted by Gasteiger charge is -2.39. The van der Waals surface area contributed by atoms with Crippen LogP contribution in [0.25, 0.3) is 83.6 Å². The highest BCUT2D eigenvalue weighted by Crippen LogP contribution is 2.62. The van der Waals surface area contributed by atoms with Gasteiger partial charge >= 0.3 is 0 Å². The summed E-state index contributed by atoms with van der Waals surface area (Å²) in [6.45, 7) is 0. The van der Waals surface area contributed by atoms with Crippen molar-refractivity contribution in [3.8, 4) is 73.3 Å². The Morgan fingerprint density at radius 3 is 1.51 bits per heavy atom. The summed E-state index contributed by atoms with van der Waals surface area (Å²) in [5.41, 5.74) is 17.2. The summed E-state index contributed by atoms with van der Waals surface area (Å²) < 4.78 is 9.10. The molecule has 0 saturated carbocycles. The van der Waals surface area contributed by atoms with Gasteiger partial charge in [-0.25, -0.2) is 9.97 Å². The summed E-state index contributed by atoms with van der Waals surface area (Å²) in [6, 6.07) is 80.0. The normalized spacial score (nSPS) is 13.0. The molecule has 2 aliphatic rings. The van der Waals surface area contributed by atoms with Crippen LogP contribution in [0.4, 0.5) is 0 Å². The molecule has 1 aliphatic carbocycles. The predicted molar refractivity (Wildman–Crippen MR) is 255 cm³/mol. The first-order valence-electron chi connectivity index (χ1n) is 21.5. The SMILES string of the molecule is c1ccc(-c2nc(-c3ccc(-c4ccc(-n5c6ccccc6c6ccccc65)cc4)cc3)cc(-c3ccc4c(c3)C3(c5ccccc5O4)c4ccccc4-c4ccccc43)n2)cc1. The molecule has 9 aromatic carbocycles. The van der Waals surface area contributed by atoms with Gasteiger partial charge in [0.25, 0.3) is 0 Å². The highest BCUT2D eigenvalue weighted by atomic mass is 16.5. The van der Waals surface area contributed by atoms with Gasteiger partial charge in [0.05, 0.1) is 27.8 Å². The zero-order valence-corrected chi connectivity index (χ0v) is 34.1. The molecule has 11 aromatic rings. The molecule has 294 valence electrons. The molecule has 0 radical (unpaired) electrons. The van der Waals surface area contributed by atoms with Crippen molar-refractivity contribution in [2.45, 2.75) is 5.41 Å². The second-order valence-electron chi connectivity index (χ2n) is 16.5. The van der Waals surface area contributed by atoms with Crippen LogP contribution in [0.3, 0.4) is 0 Å². The van der Waals surface area contributed by atoms with E-state index in [0.29, 0.717) is 5.82 Å². The Labute approximate surface area is 365 Å². The molecule has 1 aliphatic heterocycles. The van der Waals surface area contributed by atoms with Crippen molar-refractivity contribution in [1.29, 1.82) is 0 Å². The highest BCUT2D eigenvalue weighted by Gasteiger charge is 2.51. The van der Waals surface area contributed by atoms with E-state index in [9.17, 15) is 0 Å². The van der Waals surface area contributed by atoms with Crippen molar-refractivity contribution in [2.24, 2.45) is 0 Å². The minimum atomic E-state index is -0.566. The van der Waals surface area contributed by atoms with Crippen LogP contribution in [0.1, 0.15) is 22.3 Å². The monoisotopic (exact) mass is 803 g/mol. The fourth-order valence-electron chi connectivity index (χ4n) is 10.3. The molecule has 63 heavy (non-hydrogen) atoms. The Kier molecular flexibility index (Phi) is 7.79. The molecule has 0 fully saturated rings. The largest absolute Gasteiger partial charge is 0.457 e. The maximum Gasteiger partial charge on any atom is 0.160 e. The maximum atomic E-state index is 6.74. The number of nitrogens with zero attached hydrogens (tertiary/aromatic N) is 3. The van der Waals surface area contributed by atoms with Crippen LogP contribution < -0.4 is 4.74 Å².